The first-order chi connectivity index (χ1) is 8.81. The van der Waals surface area contributed by atoms with Crippen LogP contribution >= 0.6 is 0 Å². The van der Waals surface area contributed by atoms with Crippen molar-refractivity contribution in [1.29, 1.82) is 0 Å². The molecule has 3 rings (SSSR count). The number of nitrogens with zero attached hydrogens (tertiary/aromatic N) is 3. The van der Waals surface area contributed by atoms with Gasteiger partial charge in [0, 0.05) is 12.7 Å². The summed E-state index contributed by atoms with van der Waals surface area (Å²) in [5.74, 6) is 1.81. The van der Waals surface area contributed by atoms with Crippen LogP contribution in [-0.2, 0) is 6.54 Å². The van der Waals surface area contributed by atoms with Crippen molar-refractivity contribution in [2.24, 2.45) is 5.92 Å². The van der Waals surface area contributed by atoms with E-state index in [0.717, 1.165) is 36.5 Å². The SMILES string of the molecule is CCCn1c(C2NCCC2C)nc2cccnc21. The highest BCUT2D eigenvalue weighted by atomic mass is 15.2. The van der Waals surface area contributed by atoms with Gasteiger partial charge in [0.15, 0.2) is 5.65 Å². The molecule has 0 saturated carbocycles. The molecule has 1 N–H and O–H groups in total. The van der Waals surface area contributed by atoms with Crippen LogP contribution in [0.25, 0.3) is 11.2 Å². The van der Waals surface area contributed by atoms with Crippen molar-refractivity contribution >= 4 is 11.2 Å². The zero-order valence-corrected chi connectivity index (χ0v) is 11.1. The Hall–Kier alpha value is -1.42. The Morgan fingerprint density at radius 3 is 3.11 bits per heavy atom. The molecule has 0 spiro atoms. The Kier molecular flexibility index (Phi) is 3.04. The van der Waals surface area contributed by atoms with Crippen molar-refractivity contribution in [3.05, 3.63) is 24.2 Å². The molecule has 1 saturated heterocycles. The van der Waals surface area contributed by atoms with Gasteiger partial charge in [0.25, 0.3) is 0 Å². The second kappa shape index (κ2) is 4.69. The molecule has 3 heterocycles. The molecule has 18 heavy (non-hydrogen) atoms. The Labute approximate surface area is 107 Å². The van der Waals surface area contributed by atoms with E-state index in [1.807, 2.05) is 12.3 Å². The molecule has 1 fully saturated rings. The molecule has 2 unspecified atom stereocenters. The molecule has 2 aromatic rings. The minimum Gasteiger partial charge on any atom is -0.311 e. The standard InChI is InChI=1S/C14H20N4/c1-3-9-18-13-11(5-4-7-16-13)17-14(18)12-10(2)6-8-15-12/h4-5,7,10,12,15H,3,6,8-9H2,1-2H3. The molecule has 4 nitrogen and oxygen atoms in total. The van der Waals surface area contributed by atoms with Crippen molar-refractivity contribution < 1.29 is 0 Å². The van der Waals surface area contributed by atoms with Crippen LogP contribution < -0.4 is 5.32 Å². The van der Waals surface area contributed by atoms with Gasteiger partial charge >= 0.3 is 0 Å². The number of aryl methyl sites for hydroxylation is 1. The molecule has 0 radical (unpaired) electrons. The normalized spacial score (nSPS) is 23.9. The topological polar surface area (TPSA) is 42.7 Å². The summed E-state index contributed by atoms with van der Waals surface area (Å²) in [5.41, 5.74) is 2.04. The number of fused-ring (bicyclic) bond motifs is 1. The highest BCUT2D eigenvalue weighted by Gasteiger charge is 2.29. The minimum atomic E-state index is 0.380. The maximum Gasteiger partial charge on any atom is 0.160 e. The zero-order valence-electron chi connectivity index (χ0n) is 11.1. The van der Waals surface area contributed by atoms with Crippen LogP contribution in [0.2, 0.25) is 0 Å². The van der Waals surface area contributed by atoms with E-state index in [1.165, 1.54) is 6.42 Å². The predicted octanol–water partition coefficient (Wildman–Crippen LogP) is 2.51. The van der Waals surface area contributed by atoms with Gasteiger partial charge in [-0.15, -0.1) is 0 Å². The number of aromatic nitrogens is 3. The fourth-order valence-electron chi connectivity index (χ4n) is 2.84. The van der Waals surface area contributed by atoms with Gasteiger partial charge in [0.1, 0.15) is 11.3 Å². The Bertz CT molecular complexity index is 546. The first-order valence-electron chi connectivity index (χ1n) is 6.85. The molecule has 0 aliphatic carbocycles. The fraction of sp³-hybridized carbons (Fsp3) is 0.571. The van der Waals surface area contributed by atoms with E-state index in [4.69, 9.17) is 4.98 Å². The van der Waals surface area contributed by atoms with Gasteiger partial charge in [-0.1, -0.05) is 13.8 Å². The van der Waals surface area contributed by atoms with E-state index in [2.05, 4.69) is 34.8 Å². The Morgan fingerprint density at radius 2 is 2.39 bits per heavy atom. The molecule has 2 aromatic heterocycles. The Balaban J connectivity index is 2.12. The van der Waals surface area contributed by atoms with E-state index in [9.17, 15) is 0 Å². The van der Waals surface area contributed by atoms with Crippen molar-refractivity contribution in [3.8, 4) is 0 Å². The zero-order chi connectivity index (χ0) is 12.5. The fourth-order valence-corrected chi connectivity index (χ4v) is 2.84. The third-order valence-electron chi connectivity index (χ3n) is 3.79. The van der Waals surface area contributed by atoms with E-state index < -0.39 is 0 Å². The van der Waals surface area contributed by atoms with E-state index in [1.54, 1.807) is 0 Å². The lowest BCUT2D eigenvalue weighted by atomic mass is 10.0. The van der Waals surface area contributed by atoms with Gasteiger partial charge in [-0.3, -0.25) is 0 Å². The lowest BCUT2D eigenvalue weighted by molar-refractivity contribution is 0.456. The maximum absolute atomic E-state index is 4.80. The van der Waals surface area contributed by atoms with Gasteiger partial charge in [-0.05, 0) is 37.4 Å². The third kappa shape index (κ3) is 1.81. The number of pyridine rings is 1. The molecule has 0 amide bonds. The first-order valence-corrected chi connectivity index (χ1v) is 6.85. The minimum absolute atomic E-state index is 0.380. The average molecular weight is 244 g/mol. The second-order valence-electron chi connectivity index (χ2n) is 5.17. The summed E-state index contributed by atoms with van der Waals surface area (Å²) < 4.78 is 2.29. The van der Waals surface area contributed by atoms with Gasteiger partial charge < -0.3 is 9.88 Å². The smallest absolute Gasteiger partial charge is 0.160 e. The van der Waals surface area contributed by atoms with Crippen LogP contribution in [0, 0.1) is 5.92 Å². The Morgan fingerprint density at radius 1 is 1.50 bits per heavy atom. The highest BCUT2D eigenvalue weighted by molar-refractivity contribution is 5.71. The van der Waals surface area contributed by atoms with Crippen LogP contribution in [0.3, 0.4) is 0 Å². The summed E-state index contributed by atoms with van der Waals surface area (Å²) >= 11 is 0. The maximum atomic E-state index is 4.80. The van der Waals surface area contributed by atoms with Gasteiger partial charge in [0.2, 0.25) is 0 Å². The molecule has 0 bridgehead atoms. The summed E-state index contributed by atoms with van der Waals surface area (Å²) in [6.07, 6.45) is 4.19. The lowest BCUT2D eigenvalue weighted by Crippen LogP contribution is -2.21. The summed E-state index contributed by atoms with van der Waals surface area (Å²) in [5, 5.41) is 3.57. The van der Waals surface area contributed by atoms with Crippen LogP contribution in [0.15, 0.2) is 18.3 Å². The number of hydrogen-bond acceptors (Lipinski definition) is 3. The van der Waals surface area contributed by atoms with Gasteiger partial charge in [-0.25, -0.2) is 9.97 Å². The van der Waals surface area contributed by atoms with Crippen molar-refractivity contribution in [2.45, 2.75) is 39.3 Å². The number of hydrogen-bond donors (Lipinski definition) is 1. The molecule has 2 atom stereocenters. The van der Waals surface area contributed by atoms with Gasteiger partial charge in [-0.2, -0.15) is 0 Å². The van der Waals surface area contributed by atoms with Crippen molar-refractivity contribution in [3.63, 3.8) is 0 Å². The van der Waals surface area contributed by atoms with E-state index in [-0.39, 0.29) is 0 Å². The van der Waals surface area contributed by atoms with E-state index in [0.29, 0.717) is 12.0 Å². The van der Waals surface area contributed by atoms with Crippen LogP contribution in [0.5, 0.6) is 0 Å². The van der Waals surface area contributed by atoms with Crippen LogP contribution in [-0.4, -0.2) is 21.1 Å². The summed E-state index contributed by atoms with van der Waals surface area (Å²) in [4.78, 5) is 9.29. The highest BCUT2D eigenvalue weighted by Crippen LogP contribution is 2.30. The van der Waals surface area contributed by atoms with Crippen LogP contribution in [0.4, 0.5) is 0 Å². The summed E-state index contributed by atoms with van der Waals surface area (Å²) in [6.45, 7) is 6.58. The summed E-state index contributed by atoms with van der Waals surface area (Å²) in [7, 11) is 0. The van der Waals surface area contributed by atoms with Crippen LogP contribution in [0.1, 0.15) is 38.6 Å². The third-order valence-corrected chi connectivity index (χ3v) is 3.79. The molecular formula is C14H20N4. The quantitative estimate of drug-likeness (QED) is 0.902. The molecule has 0 aromatic carbocycles. The number of imidazole rings is 1. The molecule has 1 aliphatic rings. The molecule has 4 heteroatoms. The van der Waals surface area contributed by atoms with E-state index >= 15 is 0 Å². The molecule has 96 valence electrons. The average Bonchev–Trinajstić information content (AvgIpc) is 2.94. The number of rotatable bonds is 3. The largest absolute Gasteiger partial charge is 0.311 e. The molecular weight excluding hydrogens is 224 g/mol. The predicted molar refractivity (Wildman–Crippen MR) is 72.3 cm³/mol. The lowest BCUT2D eigenvalue weighted by Gasteiger charge is -2.17. The second-order valence-corrected chi connectivity index (χ2v) is 5.17. The first kappa shape index (κ1) is 11.7. The number of nitrogens with one attached hydrogen (secondary N) is 1. The van der Waals surface area contributed by atoms with Gasteiger partial charge in [0.05, 0.1) is 6.04 Å². The molecule has 1 aliphatic heterocycles. The summed E-state index contributed by atoms with van der Waals surface area (Å²) in [6, 6.07) is 4.39. The monoisotopic (exact) mass is 244 g/mol. The van der Waals surface area contributed by atoms with Crippen molar-refractivity contribution in [1.82, 2.24) is 19.9 Å². The van der Waals surface area contributed by atoms with Crippen molar-refractivity contribution in [2.75, 3.05) is 6.54 Å².